The van der Waals surface area contributed by atoms with E-state index in [9.17, 15) is 8.42 Å². The molecule has 0 saturated carbocycles. The smallest absolute Gasteiger partial charge is 0.233 e. The minimum Gasteiger partial charge on any atom is -0.491 e. The topological polar surface area (TPSA) is 55.4 Å². The Morgan fingerprint density at radius 1 is 1.40 bits per heavy atom. The molecule has 0 amide bonds. The highest BCUT2D eigenvalue weighted by atomic mass is 35.5. The van der Waals surface area contributed by atoms with E-state index in [1.54, 1.807) is 13.0 Å². The van der Waals surface area contributed by atoms with Crippen molar-refractivity contribution in [2.75, 3.05) is 23.0 Å². The van der Waals surface area contributed by atoms with Gasteiger partial charge < -0.3 is 4.74 Å². The molecular formula is C14H22ClNO3S. The first-order valence-corrected chi connectivity index (χ1v) is 8.86. The Morgan fingerprint density at radius 2 is 2.10 bits per heavy atom. The van der Waals surface area contributed by atoms with E-state index in [1.807, 2.05) is 26.0 Å². The van der Waals surface area contributed by atoms with Crippen LogP contribution in [-0.4, -0.2) is 26.7 Å². The first kappa shape index (κ1) is 17.1. The van der Waals surface area contributed by atoms with Crippen LogP contribution >= 0.6 is 11.6 Å². The van der Waals surface area contributed by atoms with Crippen molar-refractivity contribution in [1.29, 1.82) is 0 Å². The van der Waals surface area contributed by atoms with Crippen molar-refractivity contribution in [3.05, 3.63) is 23.8 Å². The second-order valence-corrected chi connectivity index (χ2v) is 7.07. The number of benzene rings is 1. The Hall–Kier alpha value is -0.940. The Balaban J connectivity index is 2.90. The Labute approximate surface area is 126 Å². The van der Waals surface area contributed by atoms with Crippen LogP contribution in [0, 0.1) is 12.8 Å². The lowest BCUT2D eigenvalue weighted by Crippen LogP contribution is -2.22. The highest BCUT2D eigenvalue weighted by molar-refractivity contribution is 7.92. The summed E-state index contributed by atoms with van der Waals surface area (Å²) in [6.07, 6.45) is 0.864. The van der Waals surface area contributed by atoms with Crippen LogP contribution in [0.1, 0.15) is 25.8 Å². The van der Waals surface area contributed by atoms with Gasteiger partial charge in [-0.15, -0.1) is 11.6 Å². The zero-order valence-corrected chi connectivity index (χ0v) is 13.7. The molecule has 0 aromatic heterocycles. The van der Waals surface area contributed by atoms with Crippen molar-refractivity contribution in [3.63, 3.8) is 0 Å². The van der Waals surface area contributed by atoms with Gasteiger partial charge in [0.2, 0.25) is 10.0 Å². The van der Waals surface area contributed by atoms with Gasteiger partial charge >= 0.3 is 0 Å². The highest BCUT2D eigenvalue weighted by Gasteiger charge is 2.17. The van der Waals surface area contributed by atoms with Crippen molar-refractivity contribution in [2.45, 2.75) is 27.2 Å². The summed E-state index contributed by atoms with van der Waals surface area (Å²) in [6, 6.07) is 5.41. The van der Waals surface area contributed by atoms with Gasteiger partial charge in [0.25, 0.3) is 0 Å². The maximum Gasteiger partial charge on any atom is 0.233 e. The van der Waals surface area contributed by atoms with E-state index < -0.39 is 10.0 Å². The van der Waals surface area contributed by atoms with E-state index >= 15 is 0 Å². The van der Waals surface area contributed by atoms with Gasteiger partial charge in [-0.2, -0.15) is 0 Å². The van der Waals surface area contributed by atoms with Crippen LogP contribution in [-0.2, 0) is 10.0 Å². The predicted octanol–water partition coefficient (Wildman–Crippen LogP) is 3.40. The molecular weight excluding hydrogens is 298 g/mol. The number of anilines is 1. The molecule has 114 valence electrons. The molecule has 0 aliphatic carbocycles. The van der Waals surface area contributed by atoms with Crippen LogP contribution in [0.5, 0.6) is 5.75 Å². The fourth-order valence-electron chi connectivity index (χ4n) is 1.67. The van der Waals surface area contributed by atoms with Gasteiger partial charge in [-0.3, -0.25) is 4.72 Å². The third kappa shape index (κ3) is 5.59. The van der Waals surface area contributed by atoms with Crippen molar-refractivity contribution in [2.24, 2.45) is 5.92 Å². The van der Waals surface area contributed by atoms with Gasteiger partial charge in [-0.1, -0.05) is 19.9 Å². The number of rotatable bonds is 8. The lowest BCUT2D eigenvalue weighted by Gasteiger charge is -2.15. The van der Waals surface area contributed by atoms with Gasteiger partial charge in [-0.25, -0.2) is 8.42 Å². The zero-order valence-electron chi connectivity index (χ0n) is 12.1. The fraction of sp³-hybridized carbons (Fsp3) is 0.571. The number of hydrogen-bond donors (Lipinski definition) is 1. The first-order valence-electron chi connectivity index (χ1n) is 6.68. The number of aryl methyl sites for hydroxylation is 1. The number of hydrogen-bond acceptors (Lipinski definition) is 3. The van der Waals surface area contributed by atoms with Crippen LogP contribution in [0.2, 0.25) is 0 Å². The SMILES string of the molecule is CCCOc1cc(C)ccc1NS(=O)(=O)CC(C)CCl. The van der Waals surface area contributed by atoms with E-state index in [2.05, 4.69) is 4.72 Å². The molecule has 0 fully saturated rings. The van der Waals surface area contributed by atoms with Gasteiger partial charge in [0.05, 0.1) is 18.0 Å². The molecule has 1 unspecified atom stereocenters. The quantitative estimate of drug-likeness (QED) is 0.747. The van der Waals surface area contributed by atoms with Crippen LogP contribution in [0.4, 0.5) is 5.69 Å². The minimum absolute atomic E-state index is 0.00239. The summed E-state index contributed by atoms with van der Waals surface area (Å²) in [6.45, 7) is 6.29. The standard InChI is InChI=1S/C14H22ClNO3S/c1-4-7-19-14-8-11(2)5-6-13(14)16-20(17,18)10-12(3)9-15/h5-6,8,12,16H,4,7,9-10H2,1-3H3. The molecule has 0 heterocycles. The molecule has 20 heavy (non-hydrogen) atoms. The van der Waals surface area contributed by atoms with E-state index in [1.165, 1.54) is 0 Å². The molecule has 1 aromatic carbocycles. The third-order valence-electron chi connectivity index (χ3n) is 2.63. The van der Waals surface area contributed by atoms with Crippen molar-refractivity contribution < 1.29 is 13.2 Å². The lowest BCUT2D eigenvalue weighted by molar-refractivity contribution is 0.319. The Kier molecular flexibility index (Phi) is 6.62. The van der Waals surface area contributed by atoms with Gasteiger partial charge in [-0.05, 0) is 37.0 Å². The molecule has 1 atom stereocenters. The highest BCUT2D eigenvalue weighted by Crippen LogP contribution is 2.27. The average molecular weight is 320 g/mol. The molecule has 1 aromatic rings. The molecule has 0 radical (unpaired) electrons. The maximum atomic E-state index is 12.1. The second-order valence-electron chi connectivity index (χ2n) is 4.99. The normalized spacial score (nSPS) is 13.0. The lowest BCUT2D eigenvalue weighted by atomic mass is 10.2. The largest absolute Gasteiger partial charge is 0.491 e. The predicted molar refractivity (Wildman–Crippen MR) is 84.3 cm³/mol. The van der Waals surface area contributed by atoms with Crippen LogP contribution in [0.3, 0.4) is 0 Å². The summed E-state index contributed by atoms with van der Waals surface area (Å²) < 4.78 is 32.3. The number of ether oxygens (including phenoxy) is 1. The molecule has 1 rings (SSSR count). The van der Waals surface area contributed by atoms with Crippen LogP contribution in [0.25, 0.3) is 0 Å². The van der Waals surface area contributed by atoms with E-state index in [0.29, 0.717) is 23.9 Å². The van der Waals surface area contributed by atoms with Crippen molar-refractivity contribution in [1.82, 2.24) is 0 Å². The monoisotopic (exact) mass is 319 g/mol. The van der Waals surface area contributed by atoms with Gasteiger partial charge in [0.1, 0.15) is 5.75 Å². The summed E-state index contributed by atoms with van der Waals surface area (Å²) in [5.41, 5.74) is 1.50. The summed E-state index contributed by atoms with van der Waals surface area (Å²) in [4.78, 5) is 0. The molecule has 0 aliphatic rings. The third-order valence-corrected chi connectivity index (χ3v) is 4.70. The van der Waals surface area contributed by atoms with Crippen molar-refractivity contribution in [3.8, 4) is 5.75 Å². The maximum absolute atomic E-state index is 12.1. The fourth-order valence-corrected chi connectivity index (χ4v) is 3.37. The average Bonchev–Trinajstić information content (AvgIpc) is 2.38. The first-order chi connectivity index (χ1) is 9.38. The zero-order chi connectivity index (χ0) is 15.2. The van der Waals surface area contributed by atoms with Crippen molar-refractivity contribution >= 4 is 27.3 Å². The second kappa shape index (κ2) is 7.74. The molecule has 6 heteroatoms. The molecule has 1 N–H and O–H groups in total. The van der Waals surface area contributed by atoms with E-state index in [0.717, 1.165) is 12.0 Å². The molecule has 0 aliphatic heterocycles. The van der Waals surface area contributed by atoms with E-state index in [-0.39, 0.29) is 11.7 Å². The molecule has 0 spiro atoms. The molecule has 0 saturated heterocycles. The Bertz CT molecular complexity index is 531. The molecule has 4 nitrogen and oxygen atoms in total. The Morgan fingerprint density at radius 3 is 2.70 bits per heavy atom. The summed E-state index contributed by atoms with van der Waals surface area (Å²) in [5.74, 6) is 0.777. The number of sulfonamides is 1. The minimum atomic E-state index is -3.42. The molecule has 0 bridgehead atoms. The summed E-state index contributed by atoms with van der Waals surface area (Å²) in [7, 11) is -3.42. The van der Waals surface area contributed by atoms with Crippen LogP contribution < -0.4 is 9.46 Å². The number of nitrogens with one attached hydrogen (secondary N) is 1. The van der Waals surface area contributed by atoms with Gasteiger partial charge in [0.15, 0.2) is 0 Å². The van der Waals surface area contributed by atoms with E-state index in [4.69, 9.17) is 16.3 Å². The number of alkyl halides is 1. The van der Waals surface area contributed by atoms with Crippen LogP contribution in [0.15, 0.2) is 18.2 Å². The number of halogens is 1. The summed E-state index contributed by atoms with van der Waals surface area (Å²) in [5, 5.41) is 0. The summed E-state index contributed by atoms with van der Waals surface area (Å²) >= 11 is 5.66. The van der Waals surface area contributed by atoms with Gasteiger partial charge in [0, 0.05) is 5.88 Å².